The number of aryl methyl sites for hydroxylation is 1. The van der Waals surface area contributed by atoms with Gasteiger partial charge in [-0.3, -0.25) is 9.48 Å². The first-order chi connectivity index (χ1) is 11.2. The topological polar surface area (TPSA) is 93.2 Å². The fourth-order valence-corrected chi connectivity index (χ4v) is 2.70. The van der Waals surface area contributed by atoms with E-state index in [4.69, 9.17) is 5.73 Å². The van der Waals surface area contributed by atoms with Gasteiger partial charge >= 0.3 is 12.2 Å². The van der Waals surface area contributed by atoms with Crippen LogP contribution in [0.2, 0.25) is 0 Å². The van der Waals surface area contributed by atoms with Crippen molar-refractivity contribution >= 4 is 11.9 Å². The Kier molecular flexibility index (Phi) is 5.35. The molecule has 0 radical (unpaired) electrons. The van der Waals surface area contributed by atoms with Gasteiger partial charge in [0, 0.05) is 25.3 Å². The Morgan fingerprint density at radius 3 is 2.75 bits per heavy atom. The van der Waals surface area contributed by atoms with Crippen molar-refractivity contribution in [3.05, 3.63) is 17.5 Å². The molecular weight excluding hydrogens is 327 g/mol. The monoisotopic (exact) mass is 347 g/mol. The van der Waals surface area contributed by atoms with Gasteiger partial charge in [-0.1, -0.05) is 0 Å². The van der Waals surface area contributed by atoms with Crippen molar-refractivity contribution in [2.75, 3.05) is 19.6 Å². The predicted molar refractivity (Wildman–Crippen MR) is 78.9 cm³/mol. The molecule has 0 aromatic carbocycles. The van der Waals surface area contributed by atoms with E-state index in [1.165, 1.54) is 16.5 Å². The summed E-state index contributed by atoms with van der Waals surface area (Å²) in [7, 11) is 0. The van der Waals surface area contributed by atoms with Crippen LogP contribution in [0, 0.1) is 12.8 Å². The fourth-order valence-electron chi connectivity index (χ4n) is 2.70. The molecule has 1 atom stereocenters. The zero-order valence-electron chi connectivity index (χ0n) is 13.3. The number of piperidine rings is 1. The minimum Gasteiger partial charge on any atom is -0.354 e. The number of carbonyl (C=O) groups is 2. The summed E-state index contributed by atoms with van der Waals surface area (Å²) in [6, 6.07) is 0.410. The van der Waals surface area contributed by atoms with Crippen LogP contribution in [-0.2, 0) is 17.5 Å². The van der Waals surface area contributed by atoms with Crippen molar-refractivity contribution in [3.8, 4) is 0 Å². The predicted octanol–water partition coefficient (Wildman–Crippen LogP) is 1.12. The maximum atomic E-state index is 12.6. The lowest BCUT2D eigenvalue weighted by molar-refractivity contribution is -0.141. The number of aromatic nitrogens is 2. The van der Waals surface area contributed by atoms with Gasteiger partial charge in [0.05, 0.1) is 12.5 Å². The summed E-state index contributed by atoms with van der Waals surface area (Å²) in [4.78, 5) is 24.7. The molecule has 1 saturated heterocycles. The molecule has 1 aliphatic heterocycles. The number of nitrogens with zero attached hydrogens (tertiary/aromatic N) is 3. The van der Waals surface area contributed by atoms with E-state index in [2.05, 4.69) is 10.4 Å². The van der Waals surface area contributed by atoms with E-state index in [0.29, 0.717) is 25.1 Å². The molecule has 3 amide bonds. The molecule has 134 valence electrons. The SMILES string of the molecule is Cc1cc(C(F)(F)F)nn1CCNC(=O)[C@H]1CCCN(C(N)=O)C1. The number of alkyl halides is 3. The minimum atomic E-state index is -4.49. The summed E-state index contributed by atoms with van der Waals surface area (Å²) < 4.78 is 39.0. The van der Waals surface area contributed by atoms with Crippen molar-refractivity contribution in [3.63, 3.8) is 0 Å². The Morgan fingerprint density at radius 2 is 2.17 bits per heavy atom. The third-order valence-electron chi connectivity index (χ3n) is 4.00. The number of urea groups is 1. The van der Waals surface area contributed by atoms with E-state index in [9.17, 15) is 22.8 Å². The van der Waals surface area contributed by atoms with Crippen molar-refractivity contribution < 1.29 is 22.8 Å². The van der Waals surface area contributed by atoms with Gasteiger partial charge in [-0.2, -0.15) is 18.3 Å². The highest BCUT2D eigenvalue weighted by atomic mass is 19.4. The highest BCUT2D eigenvalue weighted by Crippen LogP contribution is 2.28. The number of rotatable bonds is 4. The second kappa shape index (κ2) is 7.10. The smallest absolute Gasteiger partial charge is 0.354 e. The second-order valence-electron chi connectivity index (χ2n) is 5.81. The quantitative estimate of drug-likeness (QED) is 0.855. The summed E-state index contributed by atoms with van der Waals surface area (Å²) in [5.74, 6) is -0.586. The van der Waals surface area contributed by atoms with Crippen LogP contribution in [-0.4, -0.2) is 46.3 Å². The van der Waals surface area contributed by atoms with Crippen LogP contribution < -0.4 is 11.1 Å². The summed E-state index contributed by atoms with van der Waals surface area (Å²) in [5.41, 5.74) is 4.63. The zero-order valence-corrected chi connectivity index (χ0v) is 13.3. The number of carbonyl (C=O) groups excluding carboxylic acids is 2. The van der Waals surface area contributed by atoms with Crippen molar-refractivity contribution in [2.45, 2.75) is 32.5 Å². The van der Waals surface area contributed by atoms with Gasteiger partial charge in [-0.05, 0) is 25.8 Å². The van der Waals surface area contributed by atoms with Gasteiger partial charge in [0.15, 0.2) is 5.69 Å². The minimum absolute atomic E-state index is 0.139. The molecule has 2 heterocycles. The molecule has 0 unspecified atom stereocenters. The molecule has 0 aliphatic carbocycles. The highest BCUT2D eigenvalue weighted by Gasteiger charge is 2.34. The average molecular weight is 347 g/mol. The molecule has 1 aromatic rings. The van der Waals surface area contributed by atoms with Crippen LogP contribution in [0.25, 0.3) is 0 Å². The first-order valence-corrected chi connectivity index (χ1v) is 7.62. The molecule has 24 heavy (non-hydrogen) atoms. The molecule has 10 heteroatoms. The fraction of sp³-hybridized carbons (Fsp3) is 0.643. The lowest BCUT2D eigenvalue weighted by Gasteiger charge is -2.30. The lowest BCUT2D eigenvalue weighted by Crippen LogP contribution is -2.47. The Hall–Kier alpha value is -2.26. The largest absolute Gasteiger partial charge is 0.435 e. The number of primary amides is 1. The molecule has 2 rings (SSSR count). The highest BCUT2D eigenvalue weighted by molar-refractivity contribution is 5.80. The van der Waals surface area contributed by atoms with Crippen molar-refractivity contribution in [1.82, 2.24) is 20.0 Å². The lowest BCUT2D eigenvalue weighted by atomic mass is 9.97. The van der Waals surface area contributed by atoms with Crippen LogP contribution >= 0.6 is 0 Å². The van der Waals surface area contributed by atoms with Gasteiger partial charge in [0.1, 0.15) is 0 Å². The number of likely N-dealkylation sites (tertiary alicyclic amines) is 1. The molecule has 7 nitrogen and oxygen atoms in total. The van der Waals surface area contributed by atoms with E-state index >= 15 is 0 Å². The van der Waals surface area contributed by atoms with Crippen LogP contribution in [0.15, 0.2) is 6.07 Å². The van der Waals surface area contributed by atoms with E-state index in [1.54, 1.807) is 0 Å². The average Bonchev–Trinajstić information content (AvgIpc) is 2.88. The van der Waals surface area contributed by atoms with Crippen molar-refractivity contribution in [2.24, 2.45) is 11.7 Å². The number of hydrogen-bond acceptors (Lipinski definition) is 3. The molecule has 1 aliphatic rings. The van der Waals surface area contributed by atoms with E-state index < -0.39 is 17.9 Å². The van der Waals surface area contributed by atoms with E-state index in [-0.39, 0.29) is 31.5 Å². The third kappa shape index (κ3) is 4.39. The molecule has 1 aromatic heterocycles. The summed E-state index contributed by atoms with van der Waals surface area (Å²) in [6.07, 6.45) is -3.15. The van der Waals surface area contributed by atoms with E-state index in [1.807, 2.05) is 0 Å². The number of halogens is 3. The molecule has 3 N–H and O–H groups in total. The third-order valence-corrected chi connectivity index (χ3v) is 4.00. The maximum Gasteiger partial charge on any atom is 0.435 e. The number of nitrogens with two attached hydrogens (primary N) is 1. The van der Waals surface area contributed by atoms with Crippen LogP contribution in [0.1, 0.15) is 24.2 Å². The Labute approximate surface area is 137 Å². The van der Waals surface area contributed by atoms with E-state index in [0.717, 1.165) is 6.07 Å². The number of hydrogen-bond donors (Lipinski definition) is 2. The normalized spacial score (nSPS) is 18.5. The standard InChI is InChI=1S/C14H20F3N5O2/c1-9-7-11(14(15,16)17)20-22(9)6-4-19-12(23)10-3-2-5-21(8-10)13(18)24/h7,10H,2-6,8H2,1H3,(H2,18,24)(H,19,23)/t10-/m0/s1. The van der Waals surface area contributed by atoms with Crippen LogP contribution in [0.5, 0.6) is 0 Å². The van der Waals surface area contributed by atoms with Crippen molar-refractivity contribution in [1.29, 1.82) is 0 Å². The van der Waals surface area contributed by atoms with Crippen LogP contribution in [0.3, 0.4) is 0 Å². The Morgan fingerprint density at radius 1 is 1.46 bits per heavy atom. The number of nitrogens with one attached hydrogen (secondary N) is 1. The molecule has 0 spiro atoms. The van der Waals surface area contributed by atoms with Gasteiger partial charge in [0.2, 0.25) is 5.91 Å². The second-order valence-corrected chi connectivity index (χ2v) is 5.81. The summed E-state index contributed by atoms with van der Waals surface area (Å²) >= 11 is 0. The maximum absolute atomic E-state index is 12.6. The van der Waals surface area contributed by atoms with Gasteiger partial charge in [-0.25, -0.2) is 4.79 Å². The van der Waals surface area contributed by atoms with Gasteiger partial charge < -0.3 is 16.0 Å². The molecule has 1 fully saturated rings. The molecular formula is C14H20F3N5O2. The first-order valence-electron chi connectivity index (χ1n) is 7.62. The zero-order chi connectivity index (χ0) is 17.9. The molecule has 0 bridgehead atoms. The van der Waals surface area contributed by atoms with Gasteiger partial charge in [0.25, 0.3) is 0 Å². The molecule has 0 saturated carbocycles. The Balaban J connectivity index is 1.85. The van der Waals surface area contributed by atoms with Crippen LogP contribution in [0.4, 0.5) is 18.0 Å². The summed E-state index contributed by atoms with van der Waals surface area (Å²) in [5, 5.41) is 6.17. The Bertz CT molecular complexity index is 614. The van der Waals surface area contributed by atoms with Gasteiger partial charge in [-0.15, -0.1) is 0 Å². The number of amides is 3. The first kappa shape index (κ1) is 18.1. The summed E-state index contributed by atoms with van der Waals surface area (Å²) in [6.45, 7) is 2.62.